The summed E-state index contributed by atoms with van der Waals surface area (Å²) in [4.78, 5) is 0. The zero-order chi connectivity index (χ0) is 14.9. The lowest BCUT2D eigenvalue weighted by Crippen LogP contribution is -2.40. The molecule has 1 heterocycles. The molecule has 1 aromatic rings. The van der Waals surface area contributed by atoms with E-state index in [9.17, 15) is 5.11 Å². The fourth-order valence-electron chi connectivity index (χ4n) is 4.74. The Morgan fingerprint density at radius 2 is 1.86 bits per heavy atom. The highest BCUT2D eigenvalue weighted by molar-refractivity contribution is 5.06. The molecule has 118 valence electrons. The maximum Gasteiger partial charge on any atom is 0.0708 e. The minimum atomic E-state index is -0.539. The van der Waals surface area contributed by atoms with Crippen LogP contribution in [-0.2, 0) is 6.42 Å². The zero-order valence-corrected chi connectivity index (χ0v) is 13.6. The number of hydrogen-bond acceptors (Lipinski definition) is 2. The third-order valence-corrected chi connectivity index (χ3v) is 5.38. The minimum Gasteiger partial charge on any atom is -0.389 e. The highest BCUT2D eigenvalue weighted by Crippen LogP contribution is 2.38. The van der Waals surface area contributed by atoms with Crippen molar-refractivity contribution in [3.63, 3.8) is 0 Å². The summed E-state index contributed by atoms with van der Waals surface area (Å²) >= 11 is 0. The first kappa shape index (κ1) is 15.1. The van der Waals surface area contributed by atoms with Crippen LogP contribution >= 0.6 is 0 Å². The van der Waals surface area contributed by atoms with Gasteiger partial charge in [0.15, 0.2) is 0 Å². The van der Waals surface area contributed by atoms with Crippen molar-refractivity contribution in [1.29, 1.82) is 0 Å². The molecule has 3 heteroatoms. The van der Waals surface area contributed by atoms with E-state index in [1.165, 1.54) is 38.5 Å². The van der Waals surface area contributed by atoms with E-state index in [1.54, 1.807) is 0 Å². The highest BCUT2D eigenvalue weighted by atomic mass is 16.3. The highest BCUT2D eigenvalue weighted by Gasteiger charge is 2.36. The lowest BCUT2D eigenvalue weighted by molar-refractivity contribution is -0.0312. The van der Waals surface area contributed by atoms with Gasteiger partial charge in [0, 0.05) is 12.6 Å². The van der Waals surface area contributed by atoms with Crippen molar-refractivity contribution in [3.8, 4) is 0 Å². The summed E-state index contributed by atoms with van der Waals surface area (Å²) in [6, 6.07) is 2.71. The molecule has 0 saturated heterocycles. The molecule has 0 aliphatic heterocycles. The van der Waals surface area contributed by atoms with Crippen molar-refractivity contribution in [2.24, 2.45) is 11.8 Å². The molecule has 0 aromatic carbocycles. The molecule has 0 amide bonds. The maximum absolute atomic E-state index is 10.9. The van der Waals surface area contributed by atoms with Gasteiger partial charge < -0.3 is 5.11 Å². The van der Waals surface area contributed by atoms with Gasteiger partial charge in [-0.2, -0.15) is 5.10 Å². The average Bonchev–Trinajstić information content (AvgIpc) is 2.85. The molecule has 2 fully saturated rings. The summed E-state index contributed by atoms with van der Waals surface area (Å²) in [7, 11) is 0. The smallest absolute Gasteiger partial charge is 0.0708 e. The Kier molecular flexibility index (Phi) is 4.39. The predicted molar refractivity (Wildman–Crippen MR) is 85.2 cm³/mol. The molecule has 2 aliphatic carbocycles. The Labute approximate surface area is 128 Å². The number of hydrogen-bond donors (Lipinski definition) is 1. The topological polar surface area (TPSA) is 38.0 Å². The molecule has 3 nitrogen and oxygen atoms in total. The SMILES string of the molecule is CC1CC(C)CC(O)(Cc2ccn(C3CCCCC3)n2)C1. The van der Waals surface area contributed by atoms with Crippen molar-refractivity contribution in [1.82, 2.24) is 9.78 Å². The molecule has 0 bridgehead atoms. The van der Waals surface area contributed by atoms with Crippen LogP contribution in [0.2, 0.25) is 0 Å². The molecule has 21 heavy (non-hydrogen) atoms. The van der Waals surface area contributed by atoms with E-state index in [0.29, 0.717) is 17.9 Å². The van der Waals surface area contributed by atoms with Gasteiger partial charge in [-0.1, -0.05) is 33.1 Å². The van der Waals surface area contributed by atoms with E-state index in [2.05, 4.69) is 30.8 Å². The number of aromatic nitrogens is 2. The third-order valence-electron chi connectivity index (χ3n) is 5.38. The van der Waals surface area contributed by atoms with E-state index in [4.69, 9.17) is 5.10 Å². The molecule has 2 atom stereocenters. The van der Waals surface area contributed by atoms with E-state index in [-0.39, 0.29) is 0 Å². The van der Waals surface area contributed by atoms with Gasteiger partial charge in [0.05, 0.1) is 17.3 Å². The van der Waals surface area contributed by atoms with Gasteiger partial charge in [0.2, 0.25) is 0 Å². The van der Waals surface area contributed by atoms with Crippen molar-refractivity contribution in [2.75, 3.05) is 0 Å². The van der Waals surface area contributed by atoms with Crippen LogP contribution in [0.15, 0.2) is 12.3 Å². The predicted octanol–water partition coefficient (Wildman–Crippen LogP) is 4.12. The molecule has 2 saturated carbocycles. The van der Waals surface area contributed by atoms with Gasteiger partial charge >= 0.3 is 0 Å². The van der Waals surface area contributed by atoms with Crippen molar-refractivity contribution in [2.45, 2.75) is 83.3 Å². The van der Waals surface area contributed by atoms with Crippen LogP contribution in [0.4, 0.5) is 0 Å². The van der Waals surface area contributed by atoms with Crippen LogP contribution in [0, 0.1) is 11.8 Å². The summed E-state index contributed by atoms with van der Waals surface area (Å²) in [5.41, 5.74) is 0.535. The van der Waals surface area contributed by atoms with E-state index < -0.39 is 5.60 Å². The van der Waals surface area contributed by atoms with Crippen LogP contribution in [0.25, 0.3) is 0 Å². The van der Waals surface area contributed by atoms with Crippen LogP contribution in [-0.4, -0.2) is 20.5 Å². The molecule has 3 rings (SSSR count). The van der Waals surface area contributed by atoms with Crippen LogP contribution in [0.3, 0.4) is 0 Å². The quantitative estimate of drug-likeness (QED) is 0.909. The van der Waals surface area contributed by atoms with Gasteiger partial charge in [-0.25, -0.2) is 0 Å². The summed E-state index contributed by atoms with van der Waals surface area (Å²) in [6.45, 7) is 4.53. The first-order chi connectivity index (χ1) is 10.0. The van der Waals surface area contributed by atoms with Crippen molar-refractivity contribution in [3.05, 3.63) is 18.0 Å². The molecule has 1 aromatic heterocycles. The lowest BCUT2D eigenvalue weighted by Gasteiger charge is -2.38. The van der Waals surface area contributed by atoms with E-state index in [0.717, 1.165) is 25.0 Å². The second kappa shape index (κ2) is 6.12. The number of nitrogens with zero attached hydrogens (tertiary/aromatic N) is 2. The third kappa shape index (κ3) is 3.68. The lowest BCUT2D eigenvalue weighted by atomic mass is 9.72. The summed E-state index contributed by atoms with van der Waals surface area (Å²) in [5.74, 6) is 1.25. The Hall–Kier alpha value is -0.830. The summed E-state index contributed by atoms with van der Waals surface area (Å²) < 4.78 is 2.16. The second-order valence-electron chi connectivity index (χ2n) is 7.83. The van der Waals surface area contributed by atoms with Gasteiger partial charge in [-0.3, -0.25) is 4.68 Å². The number of aliphatic hydroxyl groups is 1. The van der Waals surface area contributed by atoms with Gasteiger partial charge in [0.1, 0.15) is 0 Å². The second-order valence-corrected chi connectivity index (χ2v) is 7.83. The monoisotopic (exact) mass is 290 g/mol. The molecule has 2 aliphatic rings. The maximum atomic E-state index is 10.9. The zero-order valence-electron chi connectivity index (χ0n) is 13.6. The Bertz CT molecular complexity index is 452. The normalized spacial score (nSPS) is 35.0. The molecular formula is C18H30N2O. The number of rotatable bonds is 3. The summed E-state index contributed by atoms with van der Waals surface area (Å²) in [5, 5.41) is 15.7. The van der Waals surface area contributed by atoms with Crippen LogP contribution in [0.5, 0.6) is 0 Å². The fourth-order valence-corrected chi connectivity index (χ4v) is 4.74. The molecule has 2 unspecified atom stereocenters. The first-order valence-corrected chi connectivity index (χ1v) is 8.80. The molecular weight excluding hydrogens is 260 g/mol. The average molecular weight is 290 g/mol. The standard InChI is InChI=1S/C18H30N2O/c1-14-10-15(2)12-18(21,11-14)13-16-8-9-20(19-16)17-6-4-3-5-7-17/h8-9,14-15,17,21H,3-7,10-13H2,1-2H3. The molecule has 0 spiro atoms. The van der Waals surface area contributed by atoms with Gasteiger partial charge in [-0.15, -0.1) is 0 Å². The first-order valence-electron chi connectivity index (χ1n) is 8.80. The van der Waals surface area contributed by atoms with Gasteiger partial charge in [0.25, 0.3) is 0 Å². The largest absolute Gasteiger partial charge is 0.389 e. The Morgan fingerprint density at radius 3 is 2.52 bits per heavy atom. The Balaban J connectivity index is 1.66. The van der Waals surface area contributed by atoms with Crippen molar-refractivity contribution >= 4 is 0 Å². The van der Waals surface area contributed by atoms with Crippen molar-refractivity contribution < 1.29 is 5.11 Å². The molecule has 0 radical (unpaired) electrons. The van der Waals surface area contributed by atoms with Crippen LogP contribution in [0.1, 0.15) is 76.9 Å². The molecule has 1 N–H and O–H groups in total. The van der Waals surface area contributed by atoms with Crippen LogP contribution < -0.4 is 0 Å². The Morgan fingerprint density at radius 1 is 1.19 bits per heavy atom. The fraction of sp³-hybridized carbons (Fsp3) is 0.833. The van der Waals surface area contributed by atoms with E-state index in [1.807, 2.05) is 0 Å². The minimum absolute atomic E-state index is 0.539. The van der Waals surface area contributed by atoms with Gasteiger partial charge in [-0.05, 0) is 50.0 Å². The summed E-state index contributed by atoms with van der Waals surface area (Å²) in [6.07, 6.45) is 12.5. The van der Waals surface area contributed by atoms with E-state index >= 15 is 0 Å².